The summed E-state index contributed by atoms with van der Waals surface area (Å²) in [4.78, 5) is 24.4. The first kappa shape index (κ1) is 14.5. The molecule has 2 aliphatic heterocycles. The van der Waals surface area contributed by atoms with Crippen molar-refractivity contribution in [3.63, 3.8) is 0 Å². The number of benzene rings is 1. The Kier molecular flexibility index (Phi) is 4.04. The van der Waals surface area contributed by atoms with Crippen LogP contribution in [0.25, 0.3) is 0 Å². The minimum atomic E-state index is -0.851. The van der Waals surface area contributed by atoms with Crippen LogP contribution < -0.4 is 14.8 Å². The third-order valence-corrected chi connectivity index (χ3v) is 3.87. The summed E-state index contributed by atoms with van der Waals surface area (Å²) in [5.74, 6) is 0.0526. The molecule has 0 bridgehead atoms. The van der Waals surface area contributed by atoms with Gasteiger partial charge in [0.25, 0.3) is 0 Å². The summed E-state index contributed by atoms with van der Waals surface area (Å²) < 4.78 is 11.3. The largest absolute Gasteiger partial charge is 0.486 e. The second kappa shape index (κ2) is 6.13. The molecular weight excluding hydrogens is 288 g/mol. The van der Waals surface area contributed by atoms with Crippen molar-refractivity contribution in [3.05, 3.63) is 24.3 Å². The first-order valence-electron chi connectivity index (χ1n) is 7.27. The van der Waals surface area contributed by atoms with Gasteiger partial charge >= 0.3 is 12.0 Å². The number of rotatable bonds is 3. The van der Waals surface area contributed by atoms with Crippen molar-refractivity contribution in [2.45, 2.75) is 12.5 Å². The Morgan fingerprint density at radius 2 is 2.09 bits per heavy atom. The zero-order valence-electron chi connectivity index (χ0n) is 12.0. The van der Waals surface area contributed by atoms with Crippen LogP contribution in [-0.2, 0) is 4.79 Å². The van der Waals surface area contributed by atoms with E-state index in [0.717, 1.165) is 0 Å². The van der Waals surface area contributed by atoms with E-state index in [9.17, 15) is 9.59 Å². The van der Waals surface area contributed by atoms with Crippen molar-refractivity contribution in [1.29, 1.82) is 0 Å². The number of carboxylic acid groups (broad SMARTS) is 1. The number of urea groups is 1. The van der Waals surface area contributed by atoms with E-state index in [0.29, 0.717) is 37.6 Å². The molecule has 2 aliphatic rings. The fourth-order valence-electron chi connectivity index (χ4n) is 2.62. The van der Waals surface area contributed by atoms with E-state index in [1.54, 1.807) is 0 Å². The molecule has 2 unspecified atom stereocenters. The highest BCUT2D eigenvalue weighted by molar-refractivity contribution is 5.77. The lowest BCUT2D eigenvalue weighted by molar-refractivity contribution is -0.141. The number of amides is 2. The zero-order valence-corrected chi connectivity index (χ0v) is 12.0. The average Bonchev–Trinajstić information content (AvgIpc) is 3.03. The summed E-state index contributed by atoms with van der Waals surface area (Å²) in [5.41, 5.74) is 0. The molecule has 3 rings (SSSR count). The number of nitrogens with zero attached hydrogens (tertiary/aromatic N) is 1. The Balaban J connectivity index is 1.47. The maximum Gasteiger partial charge on any atom is 0.317 e. The third kappa shape index (κ3) is 3.08. The number of carbonyl (C=O) groups is 2. The second-order valence-corrected chi connectivity index (χ2v) is 5.45. The maximum absolute atomic E-state index is 12.0. The number of fused-ring (bicyclic) bond motifs is 1. The molecule has 1 saturated heterocycles. The van der Waals surface area contributed by atoms with Crippen LogP contribution in [0.15, 0.2) is 24.3 Å². The van der Waals surface area contributed by atoms with Crippen LogP contribution in [0.3, 0.4) is 0 Å². The van der Waals surface area contributed by atoms with Crippen molar-refractivity contribution >= 4 is 12.0 Å². The smallest absolute Gasteiger partial charge is 0.317 e. The van der Waals surface area contributed by atoms with Crippen molar-refractivity contribution in [1.82, 2.24) is 10.2 Å². The Labute approximate surface area is 127 Å². The number of ether oxygens (including phenoxy) is 2. The van der Waals surface area contributed by atoms with Gasteiger partial charge in [-0.1, -0.05) is 12.1 Å². The van der Waals surface area contributed by atoms with E-state index in [1.165, 1.54) is 4.90 Å². The Morgan fingerprint density at radius 1 is 1.32 bits per heavy atom. The summed E-state index contributed by atoms with van der Waals surface area (Å²) in [6.07, 6.45) is 0.246. The van der Waals surface area contributed by atoms with Crippen LogP contribution in [0.2, 0.25) is 0 Å². The van der Waals surface area contributed by atoms with Crippen LogP contribution >= 0.6 is 0 Å². The number of nitrogens with one attached hydrogen (secondary N) is 1. The molecule has 1 aromatic carbocycles. The first-order valence-corrected chi connectivity index (χ1v) is 7.27. The van der Waals surface area contributed by atoms with E-state index in [2.05, 4.69) is 5.32 Å². The molecule has 0 aliphatic carbocycles. The van der Waals surface area contributed by atoms with Crippen molar-refractivity contribution in [2.24, 2.45) is 5.92 Å². The minimum Gasteiger partial charge on any atom is -0.486 e. The number of carbonyl (C=O) groups excluding carboxylic acids is 1. The standard InChI is InChI=1S/C15H18N2O5/c18-14(19)10-5-6-17(8-10)15(20)16-7-11-9-21-12-3-1-2-4-13(12)22-11/h1-4,10-11H,5-9H2,(H,16,20)(H,18,19). The molecule has 7 heteroatoms. The summed E-state index contributed by atoms with van der Waals surface area (Å²) >= 11 is 0. The van der Waals surface area contributed by atoms with E-state index >= 15 is 0 Å². The van der Waals surface area contributed by atoms with Crippen LogP contribution in [-0.4, -0.2) is 54.4 Å². The summed E-state index contributed by atoms with van der Waals surface area (Å²) in [6.45, 7) is 1.41. The molecule has 0 aromatic heterocycles. The number of carboxylic acids is 1. The molecule has 7 nitrogen and oxygen atoms in total. The number of likely N-dealkylation sites (tertiary alicyclic amines) is 1. The molecule has 2 heterocycles. The lowest BCUT2D eigenvalue weighted by atomic mass is 10.1. The quantitative estimate of drug-likeness (QED) is 0.868. The molecular formula is C15H18N2O5. The van der Waals surface area contributed by atoms with Crippen LogP contribution in [0.5, 0.6) is 11.5 Å². The molecule has 0 saturated carbocycles. The topological polar surface area (TPSA) is 88.1 Å². The van der Waals surface area contributed by atoms with Gasteiger partial charge in [-0.15, -0.1) is 0 Å². The van der Waals surface area contributed by atoms with Crippen molar-refractivity contribution in [2.75, 3.05) is 26.2 Å². The van der Waals surface area contributed by atoms with Gasteiger partial charge in [-0.05, 0) is 18.6 Å². The predicted molar refractivity (Wildman–Crippen MR) is 77.1 cm³/mol. The Bertz CT molecular complexity index is 577. The van der Waals surface area contributed by atoms with Crippen LogP contribution in [0, 0.1) is 5.92 Å². The van der Waals surface area contributed by atoms with Gasteiger partial charge in [-0.3, -0.25) is 4.79 Å². The Hall–Kier alpha value is -2.44. The van der Waals surface area contributed by atoms with Gasteiger partial charge in [0.05, 0.1) is 12.5 Å². The van der Waals surface area contributed by atoms with Gasteiger partial charge in [-0.2, -0.15) is 0 Å². The lowest BCUT2D eigenvalue weighted by Gasteiger charge is -2.27. The number of hydrogen-bond acceptors (Lipinski definition) is 4. The van der Waals surface area contributed by atoms with E-state index in [1.807, 2.05) is 24.3 Å². The fraction of sp³-hybridized carbons (Fsp3) is 0.467. The normalized spacial score (nSPS) is 23.2. The van der Waals surface area contributed by atoms with Crippen molar-refractivity contribution < 1.29 is 24.2 Å². The zero-order chi connectivity index (χ0) is 15.5. The minimum absolute atomic E-state index is 0.253. The molecule has 0 spiro atoms. The highest BCUT2D eigenvalue weighted by Gasteiger charge is 2.31. The van der Waals surface area contributed by atoms with Gasteiger partial charge in [0.2, 0.25) is 0 Å². The van der Waals surface area contributed by atoms with Gasteiger partial charge in [0, 0.05) is 13.1 Å². The number of hydrogen-bond donors (Lipinski definition) is 2. The molecule has 2 atom stereocenters. The van der Waals surface area contributed by atoms with Crippen LogP contribution in [0.1, 0.15) is 6.42 Å². The van der Waals surface area contributed by atoms with Gasteiger partial charge in [0.1, 0.15) is 6.61 Å². The third-order valence-electron chi connectivity index (χ3n) is 3.87. The molecule has 1 fully saturated rings. The molecule has 0 radical (unpaired) electrons. The molecule has 118 valence electrons. The highest BCUT2D eigenvalue weighted by atomic mass is 16.6. The molecule has 2 N–H and O–H groups in total. The van der Waals surface area contributed by atoms with E-state index in [-0.39, 0.29) is 18.7 Å². The summed E-state index contributed by atoms with van der Waals surface area (Å²) in [5, 5.41) is 11.7. The van der Waals surface area contributed by atoms with Gasteiger partial charge in [-0.25, -0.2) is 4.79 Å². The highest BCUT2D eigenvalue weighted by Crippen LogP contribution is 2.30. The summed E-state index contributed by atoms with van der Waals surface area (Å²) in [7, 11) is 0. The van der Waals surface area contributed by atoms with Crippen LogP contribution in [0.4, 0.5) is 4.79 Å². The number of aliphatic carboxylic acids is 1. The molecule has 1 aromatic rings. The SMILES string of the molecule is O=C(O)C1CCN(C(=O)NCC2COc3ccccc3O2)C1. The second-order valence-electron chi connectivity index (χ2n) is 5.45. The monoisotopic (exact) mass is 306 g/mol. The maximum atomic E-state index is 12.0. The van der Waals surface area contributed by atoms with E-state index < -0.39 is 11.9 Å². The van der Waals surface area contributed by atoms with Gasteiger partial charge < -0.3 is 24.8 Å². The predicted octanol–water partition coefficient (Wildman–Crippen LogP) is 0.942. The van der Waals surface area contributed by atoms with Crippen molar-refractivity contribution in [3.8, 4) is 11.5 Å². The lowest BCUT2D eigenvalue weighted by Crippen LogP contribution is -2.45. The fourth-order valence-corrected chi connectivity index (χ4v) is 2.62. The number of para-hydroxylation sites is 2. The van der Waals surface area contributed by atoms with Gasteiger partial charge in [0.15, 0.2) is 17.6 Å². The molecule has 2 amide bonds. The van der Waals surface area contributed by atoms with E-state index in [4.69, 9.17) is 14.6 Å². The molecule has 22 heavy (non-hydrogen) atoms. The average molecular weight is 306 g/mol. The Morgan fingerprint density at radius 3 is 2.82 bits per heavy atom. The summed E-state index contributed by atoms with van der Waals surface area (Å²) in [6, 6.07) is 7.13. The first-order chi connectivity index (χ1) is 10.6.